The number of aryl methyl sites for hydroxylation is 1. The summed E-state index contributed by atoms with van der Waals surface area (Å²) in [5.41, 5.74) is 3.74. The lowest BCUT2D eigenvalue weighted by atomic mass is 10.0. The van der Waals surface area contributed by atoms with E-state index in [0.29, 0.717) is 11.5 Å². The number of hydrogen-bond donors (Lipinski definition) is 1. The maximum atomic E-state index is 10.4. The molecule has 0 saturated carbocycles. The van der Waals surface area contributed by atoms with E-state index in [2.05, 4.69) is 22.1 Å². The quantitative estimate of drug-likeness (QED) is 0.796. The second-order valence-electron chi connectivity index (χ2n) is 4.92. The molecule has 0 amide bonds. The molecule has 3 heteroatoms. The minimum Gasteiger partial charge on any atom is -0.382 e. The minimum atomic E-state index is -0.725. The molecule has 1 unspecified atom stereocenters. The van der Waals surface area contributed by atoms with Crippen LogP contribution < -0.4 is 0 Å². The number of benzene rings is 2. The average molecular weight is 276 g/mol. The van der Waals surface area contributed by atoms with Gasteiger partial charge in [-0.3, -0.25) is 0 Å². The van der Waals surface area contributed by atoms with Gasteiger partial charge in [-0.1, -0.05) is 54.6 Å². The van der Waals surface area contributed by atoms with E-state index >= 15 is 0 Å². The Morgan fingerprint density at radius 2 is 1.52 bits per heavy atom. The molecule has 0 bridgehead atoms. The van der Waals surface area contributed by atoms with Crippen LogP contribution >= 0.6 is 0 Å². The van der Waals surface area contributed by atoms with Gasteiger partial charge in [-0.25, -0.2) is 9.97 Å². The minimum absolute atomic E-state index is 0.620. The Hall–Kier alpha value is -2.52. The highest BCUT2D eigenvalue weighted by Crippen LogP contribution is 2.24. The lowest BCUT2D eigenvalue weighted by molar-refractivity contribution is 0.215. The molecule has 3 aromatic rings. The van der Waals surface area contributed by atoms with Crippen LogP contribution in [0.2, 0.25) is 0 Å². The number of rotatable bonds is 3. The van der Waals surface area contributed by atoms with Gasteiger partial charge in [-0.2, -0.15) is 0 Å². The van der Waals surface area contributed by atoms with Crippen LogP contribution in [0.4, 0.5) is 0 Å². The Morgan fingerprint density at radius 1 is 0.857 bits per heavy atom. The summed E-state index contributed by atoms with van der Waals surface area (Å²) >= 11 is 0. The lowest BCUT2D eigenvalue weighted by Gasteiger charge is -2.11. The van der Waals surface area contributed by atoms with Gasteiger partial charge >= 0.3 is 0 Å². The van der Waals surface area contributed by atoms with E-state index in [1.807, 2.05) is 49.4 Å². The molecule has 104 valence electrons. The normalized spacial score (nSPS) is 12.1. The first-order valence-corrected chi connectivity index (χ1v) is 6.87. The predicted octanol–water partition coefficient (Wildman–Crippen LogP) is 3.53. The van der Waals surface area contributed by atoms with Crippen LogP contribution in [0, 0.1) is 6.92 Å². The molecule has 1 atom stereocenters. The Morgan fingerprint density at radius 3 is 2.19 bits per heavy atom. The maximum Gasteiger partial charge on any atom is 0.125 e. The predicted molar refractivity (Wildman–Crippen MR) is 82.7 cm³/mol. The van der Waals surface area contributed by atoms with Crippen molar-refractivity contribution >= 4 is 0 Å². The third kappa shape index (κ3) is 2.98. The molecule has 1 heterocycles. The zero-order valence-corrected chi connectivity index (χ0v) is 11.8. The molecule has 0 spiro atoms. The van der Waals surface area contributed by atoms with Crippen molar-refractivity contribution in [3.05, 3.63) is 83.9 Å². The molecule has 0 fully saturated rings. The van der Waals surface area contributed by atoms with Crippen molar-refractivity contribution in [2.45, 2.75) is 13.0 Å². The fraction of sp³-hybridized carbons (Fsp3) is 0.111. The standard InChI is InChI=1S/C18H16N2O/c1-13-19-12-11-17(20-13)18(21)16-9-7-15(8-10-16)14-5-3-2-4-6-14/h2-12,18,21H,1H3. The maximum absolute atomic E-state index is 10.4. The van der Waals surface area contributed by atoms with Crippen LogP contribution in [-0.4, -0.2) is 15.1 Å². The van der Waals surface area contributed by atoms with E-state index in [0.717, 1.165) is 16.7 Å². The molecule has 1 N–H and O–H groups in total. The summed E-state index contributed by atoms with van der Waals surface area (Å²) in [6.45, 7) is 1.81. The van der Waals surface area contributed by atoms with Crippen LogP contribution in [-0.2, 0) is 0 Å². The fourth-order valence-corrected chi connectivity index (χ4v) is 2.29. The van der Waals surface area contributed by atoms with Crippen LogP contribution in [0.3, 0.4) is 0 Å². The van der Waals surface area contributed by atoms with Gasteiger partial charge in [0.15, 0.2) is 0 Å². The van der Waals surface area contributed by atoms with Gasteiger partial charge in [-0.05, 0) is 29.7 Å². The molecular weight excluding hydrogens is 260 g/mol. The van der Waals surface area contributed by atoms with Crippen LogP contribution in [0.25, 0.3) is 11.1 Å². The second-order valence-corrected chi connectivity index (χ2v) is 4.92. The molecule has 0 aliphatic heterocycles. The van der Waals surface area contributed by atoms with E-state index in [1.165, 1.54) is 0 Å². The Labute approximate surface area is 124 Å². The van der Waals surface area contributed by atoms with Gasteiger partial charge in [0.05, 0.1) is 5.69 Å². The molecular formula is C18H16N2O. The van der Waals surface area contributed by atoms with Crippen molar-refractivity contribution in [2.75, 3.05) is 0 Å². The third-order valence-electron chi connectivity index (χ3n) is 3.41. The summed E-state index contributed by atoms with van der Waals surface area (Å²) < 4.78 is 0. The molecule has 1 aromatic heterocycles. The Balaban J connectivity index is 1.87. The van der Waals surface area contributed by atoms with Crippen molar-refractivity contribution in [1.29, 1.82) is 0 Å². The molecule has 3 rings (SSSR count). The van der Waals surface area contributed by atoms with E-state index in [4.69, 9.17) is 0 Å². The van der Waals surface area contributed by atoms with E-state index in [-0.39, 0.29) is 0 Å². The largest absolute Gasteiger partial charge is 0.382 e. The Bertz CT molecular complexity index is 724. The van der Waals surface area contributed by atoms with Gasteiger partial charge in [-0.15, -0.1) is 0 Å². The first-order valence-electron chi connectivity index (χ1n) is 6.87. The Kier molecular flexibility index (Phi) is 3.75. The summed E-state index contributed by atoms with van der Waals surface area (Å²) in [5, 5.41) is 10.4. The first-order chi connectivity index (χ1) is 10.2. The molecule has 0 radical (unpaired) electrons. The van der Waals surface area contributed by atoms with Crippen molar-refractivity contribution < 1.29 is 5.11 Å². The first kappa shape index (κ1) is 13.5. The molecule has 2 aromatic carbocycles. The van der Waals surface area contributed by atoms with Crippen molar-refractivity contribution in [3.8, 4) is 11.1 Å². The highest BCUT2D eigenvalue weighted by molar-refractivity contribution is 5.63. The topological polar surface area (TPSA) is 46.0 Å². The van der Waals surface area contributed by atoms with Crippen molar-refractivity contribution in [3.63, 3.8) is 0 Å². The monoisotopic (exact) mass is 276 g/mol. The summed E-state index contributed by atoms with van der Waals surface area (Å²) in [4.78, 5) is 8.32. The van der Waals surface area contributed by atoms with Gasteiger partial charge in [0.2, 0.25) is 0 Å². The molecule has 0 saturated heterocycles. The number of hydrogen-bond acceptors (Lipinski definition) is 3. The van der Waals surface area contributed by atoms with Gasteiger partial charge in [0.1, 0.15) is 11.9 Å². The summed E-state index contributed by atoms with van der Waals surface area (Å²) in [7, 11) is 0. The molecule has 0 aliphatic carbocycles. The number of aliphatic hydroxyl groups is 1. The van der Waals surface area contributed by atoms with E-state index in [9.17, 15) is 5.11 Å². The zero-order chi connectivity index (χ0) is 14.7. The van der Waals surface area contributed by atoms with Crippen molar-refractivity contribution in [1.82, 2.24) is 9.97 Å². The van der Waals surface area contributed by atoms with Crippen LogP contribution in [0.5, 0.6) is 0 Å². The van der Waals surface area contributed by atoms with Gasteiger partial charge in [0.25, 0.3) is 0 Å². The number of nitrogens with zero attached hydrogens (tertiary/aromatic N) is 2. The van der Waals surface area contributed by atoms with Gasteiger partial charge < -0.3 is 5.11 Å². The SMILES string of the molecule is Cc1nccc(C(O)c2ccc(-c3ccccc3)cc2)n1. The zero-order valence-electron chi connectivity index (χ0n) is 11.8. The highest BCUT2D eigenvalue weighted by Gasteiger charge is 2.12. The highest BCUT2D eigenvalue weighted by atomic mass is 16.3. The average Bonchev–Trinajstić information content (AvgIpc) is 2.55. The summed E-state index contributed by atoms with van der Waals surface area (Å²) in [6.07, 6.45) is 0.940. The van der Waals surface area contributed by atoms with Crippen molar-refractivity contribution in [2.24, 2.45) is 0 Å². The summed E-state index contributed by atoms with van der Waals surface area (Å²) in [6, 6.07) is 19.8. The van der Waals surface area contributed by atoms with E-state index < -0.39 is 6.10 Å². The van der Waals surface area contributed by atoms with E-state index in [1.54, 1.807) is 12.3 Å². The lowest BCUT2D eigenvalue weighted by Crippen LogP contribution is -2.04. The molecule has 3 nitrogen and oxygen atoms in total. The fourth-order valence-electron chi connectivity index (χ4n) is 2.29. The third-order valence-corrected chi connectivity index (χ3v) is 3.41. The smallest absolute Gasteiger partial charge is 0.125 e. The van der Waals surface area contributed by atoms with Gasteiger partial charge in [0, 0.05) is 6.20 Å². The number of aliphatic hydroxyl groups excluding tert-OH is 1. The number of aromatic nitrogens is 2. The molecule has 0 aliphatic rings. The van der Waals surface area contributed by atoms with Crippen LogP contribution in [0.15, 0.2) is 66.9 Å². The summed E-state index contributed by atoms with van der Waals surface area (Å²) in [5.74, 6) is 0.660. The molecule has 21 heavy (non-hydrogen) atoms. The van der Waals surface area contributed by atoms with Crippen LogP contribution in [0.1, 0.15) is 23.2 Å². The second kappa shape index (κ2) is 5.85.